The van der Waals surface area contributed by atoms with E-state index in [9.17, 15) is 10.2 Å². The predicted molar refractivity (Wildman–Crippen MR) is 80.7 cm³/mol. The molecule has 1 saturated carbocycles. The van der Waals surface area contributed by atoms with E-state index >= 15 is 0 Å². The molecule has 0 spiro atoms. The number of hydrogen-bond acceptors (Lipinski definition) is 4. The Kier molecular flexibility index (Phi) is 2.89. The second kappa shape index (κ2) is 4.53. The standard InChI is InChI=1S/C16H19NO2S/c18-9-16(10-19)13-7-17(8-14(13)16)6-12-5-11-3-1-2-4-15(11)20-12/h1-5,13-14,18-19H,6-10H2. The minimum Gasteiger partial charge on any atom is -0.396 e. The second-order valence-electron chi connectivity index (χ2n) is 6.21. The van der Waals surface area contributed by atoms with Gasteiger partial charge in [-0.3, -0.25) is 4.90 Å². The number of piperidine rings is 1. The van der Waals surface area contributed by atoms with Gasteiger partial charge in [0.05, 0.1) is 13.2 Å². The average molecular weight is 289 g/mol. The highest BCUT2D eigenvalue weighted by Crippen LogP contribution is 2.62. The Morgan fingerprint density at radius 1 is 1.15 bits per heavy atom. The number of aliphatic hydroxyl groups is 2. The molecule has 2 unspecified atom stereocenters. The third kappa shape index (κ3) is 1.76. The van der Waals surface area contributed by atoms with Crippen LogP contribution in [0.4, 0.5) is 0 Å². The van der Waals surface area contributed by atoms with Crippen LogP contribution in [0.2, 0.25) is 0 Å². The van der Waals surface area contributed by atoms with Gasteiger partial charge in [0.1, 0.15) is 0 Å². The van der Waals surface area contributed by atoms with Gasteiger partial charge in [-0.05, 0) is 29.4 Å². The summed E-state index contributed by atoms with van der Waals surface area (Å²) in [5.74, 6) is 0.985. The van der Waals surface area contributed by atoms with E-state index in [0.29, 0.717) is 11.8 Å². The maximum atomic E-state index is 9.46. The van der Waals surface area contributed by atoms with E-state index in [1.165, 1.54) is 15.0 Å². The molecule has 4 heteroatoms. The average Bonchev–Trinajstić information content (AvgIpc) is 2.84. The third-order valence-electron chi connectivity index (χ3n) is 5.21. The van der Waals surface area contributed by atoms with E-state index in [1.54, 1.807) is 0 Å². The van der Waals surface area contributed by atoms with Crippen LogP contribution in [0.1, 0.15) is 4.88 Å². The molecule has 106 valence electrons. The molecular formula is C16H19NO2S. The number of aliphatic hydroxyl groups excluding tert-OH is 2. The predicted octanol–water partition coefficient (Wildman–Crippen LogP) is 1.93. The van der Waals surface area contributed by atoms with Gasteiger partial charge in [-0.2, -0.15) is 0 Å². The molecule has 1 aromatic heterocycles. The van der Waals surface area contributed by atoms with E-state index < -0.39 is 0 Å². The fourth-order valence-corrected chi connectivity index (χ4v) is 5.01. The Hall–Kier alpha value is -0.940. The lowest BCUT2D eigenvalue weighted by Crippen LogP contribution is -2.31. The highest BCUT2D eigenvalue weighted by atomic mass is 32.1. The number of benzene rings is 1. The van der Waals surface area contributed by atoms with Crippen molar-refractivity contribution >= 4 is 21.4 Å². The molecule has 3 nitrogen and oxygen atoms in total. The molecule has 0 bridgehead atoms. The summed E-state index contributed by atoms with van der Waals surface area (Å²) < 4.78 is 1.35. The van der Waals surface area contributed by atoms with Crippen molar-refractivity contribution in [1.82, 2.24) is 4.90 Å². The first kappa shape index (κ1) is 12.8. The summed E-state index contributed by atoms with van der Waals surface area (Å²) in [5, 5.41) is 20.2. The zero-order chi connectivity index (χ0) is 13.7. The zero-order valence-electron chi connectivity index (χ0n) is 11.3. The topological polar surface area (TPSA) is 43.7 Å². The molecule has 4 rings (SSSR count). The summed E-state index contributed by atoms with van der Waals surface area (Å²) in [5.41, 5.74) is -0.170. The Bertz CT molecular complexity index is 587. The molecule has 2 fully saturated rings. The van der Waals surface area contributed by atoms with Gasteiger partial charge in [-0.25, -0.2) is 0 Å². The van der Waals surface area contributed by atoms with E-state index in [1.807, 2.05) is 11.3 Å². The third-order valence-corrected chi connectivity index (χ3v) is 6.31. The molecule has 1 aliphatic heterocycles. The van der Waals surface area contributed by atoms with Crippen molar-refractivity contribution in [3.63, 3.8) is 0 Å². The number of hydrogen-bond donors (Lipinski definition) is 2. The van der Waals surface area contributed by atoms with Crippen molar-refractivity contribution in [3.8, 4) is 0 Å². The zero-order valence-corrected chi connectivity index (χ0v) is 12.1. The molecule has 2 aliphatic rings. The van der Waals surface area contributed by atoms with Crippen LogP contribution >= 0.6 is 11.3 Å². The Labute approximate surface area is 122 Å². The fourth-order valence-electron chi connectivity index (χ4n) is 3.90. The lowest BCUT2D eigenvalue weighted by atomic mass is 10.0. The summed E-state index contributed by atoms with van der Waals surface area (Å²) >= 11 is 1.87. The van der Waals surface area contributed by atoms with Crippen LogP contribution in [-0.4, -0.2) is 41.4 Å². The summed E-state index contributed by atoms with van der Waals surface area (Å²) in [6.45, 7) is 3.30. The van der Waals surface area contributed by atoms with Crippen LogP contribution in [-0.2, 0) is 6.54 Å². The monoisotopic (exact) mass is 289 g/mol. The summed E-state index contributed by atoms with van der Waals surface area (Å²) in [7, 11) is 0. The van der Waals surface area contributed by atoms with Crippen molar-refractivity contribution in [2.24, 2.45) is 17.3 Å². The molecular weight excluding hydrogens is 270 g/mol. The minimum absolute atomic E-state index is 0.134. The first-order valence-corrected chi connectivity index (χ1v) is 8.00. The van der Waals surface area contributed by atoms with Crippen LogP contribution in [0.5, 0.6) is 0 Å². The van der Waals surface area contributed by atoms with Crippen LogP contribution in [0, 0.1) is 17.3 Å². The number of thiophene rings is 1. The molecule has 1 aliphatic carbocycles. The van der Waals surface area contributed by atoms with Crippen molar-refractivity contribution < 1.29 is 10.2 Å². The molecule has 1 aromatic carbocycles. The van der Waals surface area contributed by atoms with Crippen LogP contribution in [0.15, 0.2) is 30.3 Å². The molecule has 0 amide bonds. The summed E-state index contributed by atoms with van der Waals surface area (Å²) in [6.07, 6.45) is 0. The van der Waals surface area contributed by atoms with Gasteiger partial charge < -0.3 is 10.2 Å². The van der Waals surface area contributed by atoms with Crippen LogP contribution in [0.3, 0.4) is 0 Å². The summed E-state index contributed by atoms with van der Waals surface area (Å²) in [4.78, 5) is 3.87. The SMILES string of the molecule is OCC1(CO)C2CN(Cc3cc4ccccc4s3)CC21. The smallest absolute Gasteiger partial charge is 0.0515 e. The molecule has 20 heavy (non-hydrogen) atoms. The van der Waals surface area contributed by atoms with Gasteiger partial charge >= 0.3 is 0 Å². The van der Waals surface area contributed by atoms with Gasteiger partial charge in [0.2, 0.25) is 0 Å². The minimum atomic E-state index is -0.170. The number of nitrogens with zero attached hydrogens (tertiary/aromatic N) is 1. The maximum Gasteiger partial charge on any atom is 0.0515 e. The Morgan fingerprint density at radius 2 is 1.85 bits per heavy atom. The molecule has 2 atom stereocenters. The first-order chi connectivity index (χ1) is 9.76. The number of fused-ring (bicyclic) bond motifs is 2. The van der Waals surface area contributed by atoms with Crippen molar-refractivity contribution in [2.75, 3.05) is 26.3 Å². The lowest BCUT2D eigenvalue weighted by Gasteiger charge is -2.23. The quantitative estimate of drug-likeness (QED) is 0.904. The van der Waals surface area contributed by atoms with Crippen molar-refractivity contribution in [2.45, 2.75) is 6.54 Å². The van der Waals surface area contributed by atoms with Gasteiger partial charge in [-0.15, -0.1) is 11.3 Å². The first-order valence-electron chi connectivity index (χ1n) is 7.18. The normalized spacial score (nSPS) is 27.9. The van der Waals surface area contributed by atoms with Gasteiger partial charge in [0.25, 0.3) is 0 Å². The van der Waals surface area contributed by atoms with Crippen molar-refractivity contribution in [3.05, 3.63) is 35.2 Å². The fraction of sp³-hybridized carbons (Fsp3) is 0.500. The molecule has 2 aromatic rings. The van der Waals surface area contributed by atoms with E-state index in [0.717, 1.165) is 19.6 Å². The molecule has 0 radical (unpaired) electrons. The molecule has 1 saturated heterocycles. The van der Waals surface area contributed by atoms with Gasteiger partial charge in [0, 0.05) is 34.6 Å². The van der Waals surface area contributed by atoms with Gasteiger partial charge in [0.15, 0.2) is 0 Å². The lowest BCUT2D eigenvalue weighted by molar-refractivity contribution is 0.0871. The Balaban J connectivity index is 1.45. The van der Waals surface area contributed by atoms with Crippen LogP contribution < -0.4 is 0 Å². The highest BCUT2D eigenvalue weighted by molar-refractivity contribution is 7.19. The largest absolute Gasteiger partial charge is 0.396 e. The maximum absolute atomic E-state index is 9.46. The highest BCUT2D eigenvalue weighted by Gasteiger charge is 2.67. The number of likely N-dealkylation sites (tertiary alicyclic amines) is 1. The summed E-state index contributed by atoms with van der Waals surface area (Å²) in [6, 6.07) is 10.8. The number of rotatable bonds is 4. The van der Waals surface area contributed by atoms with E-state index in [4.69, 9.17) is 0 Å². The van der Waals surface area contributed by atoms with E-state index in [2.05, 4.69) is 35.2 Å². The van der Waals surface area contributed by atoms with Gasteiger partial charge in [-0.1, -0.05) is 18.2 Å². The van der Waals surface area contributed by atoms with Crippen molar-refractivity contribution in [1.29, 1.82) is 0 Å². The Morgan fingerprint density at radius 3 is 2.50 bits per heavy atom. The molecule has 2 heterocycles. The van der Waals surface area contributed by atoms with E-state index in [-0.39, 0.29) is 18.6 Å². The second-order valence-corrected chi connectivity index (χ2v) is 7.38. The molecule has 2 N–H and O–H groups in total. The van der Waals surface area contributed by atoms with Crippen LogP contribution in [0.25, 0.3) is 10.1 Å².